The molecule has 6 nitrogen and oxygen atoms in total. The Kier molecular flexibility index (Phi) is 4.38. The number of allylic oxidation sites excluding steroid dienone is 1. The molecule has 1 aliphatic heterocycles. The van der Waals surface area contributed by atoms with E-state index >= 15 is 0 Å². The van der Waals surface area contributed by atoms with E-state index in [9.17, 15) is 4.79 Å². The lowest BCUT2D eigenvalue weighted by Crippen LogP contribution is -2.03. The van der Waals surface area contributed by atoms with Gasteiger partial charge in [-0.05, 0) is 29.8 Å². The predicted molar refractivity (Wildman–Crippen MR) is 106 cm³/mol. The van der Waals surface area contributed by atoms with Gasteiger partial charge in [-0.25, -0.2) is 0 Å². The summed E-state index contributed by atoms with van der Waals surface area (Å²) in [5.74, 6) is 1.33. The number of hydrogen-bond donors (Lipinski definition) is 2. The van der Waals surface area contributed by atoms with Gasteiger partial charge in [0.1, 0.15) is 0 Å². The lowest BCUT2D eigenvalue weighted by molar-refractivity contribution is 0.354. The Balaban J connectivity index is 1.69. The van der Waals surface area contributed by atoms with Crippen molar-refractivity contribution in [3.8, 4) is 11.5 Å². The highest BCUT2D eigenvalue weighted by Gasteiger charge is 2.15. The number of aromatic amines is 2. The van der Waals surface area contributed by atoms with Crippen LogP contribution >= 0.6 is 0 Å². The highest BCUT2D eigenvalue weighted by molar-refractivity contribution is 6.21. The Hall–Kier alpha value is -3.54. The summed E-state index contributed by atoms with van der Waals surface area (Å²) in [5.41, 5.74) is 5.11. The van der Waals surface area contributed by atoms with Gasteiger partial charge in [0.2, 0.25) is 0 Å². The molecule has 0 atom stereocenters. The first kappa shape index (κ1) is 16.9. The molecule has 0 aliphatic carbocycles. The summed E-state index contributed by atoms with van der Waals surface area (Å²) >= 11 is 0. The van der Waals surface area contributed by atoms with Gasteiger partial charge in [-0.1, -0.05) is 24.3 Å². The fraction of sp³-hybridized carbons (Fsp3) is 0.143. The SMILES string of the molecule is COc1ccc(Cc2[nH][nH]c(=O)c2/C=C2/C=Nc3ccccc32)cc1OC. The molecule has 4 rings (SSSR count). The summed E-state index contributed by atoms with van der Waals surface area (Å²) in [7, 11) is 3.21. The molecule has 0 spiro atoms. The first-order valence-corrected chi connectivity index (χ1v) is 8.55. The molecule has 0 unspecified atom stereocenters. The topological polar surface area (TPSA) is 79.5 Å². The van der Waals surface area contributed by atoms with E-state index in [1.165, 1.54) is 0 Å². The number of fused-ring (bicyclic) bond motifs is 1. The first-order chi connectivity index (χ1) is 13.2. The summed E-state index contributed by atoms with van der Waals surface area (Å²) in [6, 6.07) is 13.6. The van der Waals surface area contributed by atoms with Crippen molar-refractivity contribution in [1.82, 2.24) is 10.2 Å². The average molecular weight is 361 g/mol. The summed E-state index contributed by atoms with van der Waals surface area (Å²) in [4.78, 5) is 16.7. The van der Waals surface area contributed by atoms with Gasteiger partial charge >= 0.3 is 0 Å². The smallest absolute Gasteiger partial charge is 0.271 e. The fourth-order valence-electron chi connectivity index (χ4n) is 3.20. The second-order valence-electron chi connectivity index (χ2n) is 6.21. The Morgan fingerprint density at radius 2 is 1.85 bits per heavy atom. The number of para-hydroxylation sites is 1. The van der Waals surface area contributed by atoms with Gasteiger partial charge in [-0.3, -0.25) is 14.9 Å². The van der Waals surface area contributed by atoms with Gasteiger partial charge in [0.25, 0.3) is 5.56 Å². The van der Waals surface area contributed by atoms with Gasteiger partial charge in [-0.15, -0.1) is 0 Å². The maximum absolute atomic E-state index is 12.3. The number of nitrogens with zero attached hydrogens (tertiary/aromatic N) is 1. The van der Waals surface area contributed by atoms with E-state index in [1.807, 2.05) is 48.5 Å². The van der Waals surface area contributed by atoms with E-state index in [2.05, 4.69) is 15.2 Å². The number of ether oxygens (including phenoxy) is 2. The standard InChI is InChI=1S/C21H19N3O3/c1-26-19-8-7-13(10-20(19)27-2)9-18-16(21(25)24-23-18)11-14-12-22-17-6-4-3-5-15(14)17/h3-8,10-12H,9H2,1-2H3,(H2,23,24,25)/b14-11-. The van der Waals surface area contributed by atoms with Crippen molar-refractivity contribution in [2.75, 3.05) is 14.2 Å². The number of hydrogen-bond acceptors (Lipinski definition) is 4. The van der Waals surface area contributed by atoms with Crippen molar-refractivity contribution in [2.45, 2.75) is 6.42 Å². The summed E-state index contributed by atoms with van der Waals surface area (Å²) in [6.07, 6.45) is 4.22. The minimum Gasteiger partial charge on any atom is -0.493 e. The molecule has 1 aromatic heterocycles. The van der Waals surface area contributed by atoms with Crippen molar-refractivity contribution in [1.29, 1.82) is 0 Å². The van der Waals surface area contributed by atoms with Crippen molar-refractivity contribution in [2.24, 2.45) is 4.99 Å². The highest BCUT2D eigenvalue weighted by Crippen LogP contribution is 2.32. The molecule has 0 saturated carbocycles. The molecule has 0 fully saturated rings. The van der Waals surface area contributed by atoms with Gasteiger partial charge in [0.15, 0.2) is 11.5 Å². The third-order valence-corrected chi connectivity index (χ3v) is 4.58. The van der Waals surface area contributed by atoms with Crippen LogP contribution in [0.5, 0.6) is 11.5 Å². The van der Waals surface area contributed by atoms with Crippen LogP contribution in [-0.4, -0.2) is 30.6 Å². The summed E-state index contributed by atoms with van der Waals surface area (Å²) in [5, 5.41) is 5.67. The Labute approximate surface area is 156 Å². The minimum absolute atomic E-state index is 0.157. The van der Waals surface area contributed by atoms with Gasteiger partial charge < -0.3 is 14.6 Å². The van der Waals surface area contributed by atoms with Crippen LogP contribution in [0.1, 0.15) is 22.4 Å². The molecule has 6 heteroatoms. The van der Waals surface area contributed by atoms with Crippen LogP contribution in [0.15, 0.2) is 52.3 Å². The fourth-order valence-corrected chi connectivity index (χ4v) is 3.20. The molecule has 0 bridgehead atoms. The first-order valence-electron chi connectivity index (χ1n) is 8.55. The van der Waals surface area contributed by atoms with E-state index < -0.39 is 0 Å². The number of aromatic nitrogens is 2. The number of rotatable bonds is 5. The van der Waals surface area contributed by atoms with Crippen LogP contribution in [0, 0.1) is 0 Å². The van der Waals surface area contributed by atoms with Crippen molar-refractivity contribution >= 4 is 23.6 Å². The van der Waals surface area contributed by atoms with Crippen LogP contribution in [-0.2, 0) is 6.42 Å². The molecule has 136 valence electrons. The normalized spacial score (nSPS) is 13.8. The number of aliphatic imine (C=N–C) groups is 1. The minimum atomic E-state index is -0.157. The van der Waals surface area contributed by atoms with Crippen LogP contribution in [0.25, 0.3) is 11.6 Å². The quantitative estimate of drug-likeness (QED) is 0.729. The van der Waals surface area contributed by atoms with Crippen LogP contribution in [0.4, 0.5) is 5.69 Å². The molecule has 3 aromatic rings. The molecule has 2 aromatic carbocycles. The summed E-state index contributed by atoms with van der Waals surface area (Å²) in [6.45, 7) is 0. The largest absolute Gasteiger partial charge is 0.493 e. The van der Waals surface area contributed by atoms with E-state index in [0.717, 1.165) is 28.1 Å². The molecule has 0 saturated heterocycles. The molecule has 0 radical (unpaired) electrons. The third kappa shape index (κ3) is 3.17. The van der Waals surface area contributed by atoms with Crippen LogP contribution < -0.4 is 15.0 Å². The second-order valence-corrected chi connectivity index (χ2v) is 6.21. The number of benzene rings is 2. The van der Waals surface area contributed by atoms with E-state index in [-0.39, 0.29) is 5.56 Å². The zero-order valence-corrected chi connectivity index (χ0v) is 15.1. The predicted octanol–water partition coefficient (Wildman–Crippen LogP) is 3.57. The lowest BCUT2D eigenvalue weighted by Gasteiger charge is -2.09. The van der Waals surface area contributed by atoms with Crippen molar-refractivity contribution in [3.05, 3.63) is 75.2 Å². The van der Waals surface area contributed by atoms with Crippen LogP contribution in [0.3, 0.4) is 0 Å². The lowest BCUT2D eigenvalue weighted by atomic mass is 10.0. The van der Waals surface area contributed by atoms with Gasteiger partial charge in [0.05, 0.1) is 25.5 Å². The highest BCUT2D eigenvalue weighted by atomic mass is 16.5. The van der Waals surface area contributed by atoms with Gasteiger partial charge in [-0.2, -0.15) is 0 Å². The molecule has 0 amide bonds. The Morgan fingerprint density at radius 1 is 1.04 bits per heavy atom. The molecule has 27 heavy (non-hydrogen) atoms. The average Bonchev–Trinajstić information content (AvgIpc) is 3.26. The van der Waals surface area contributed by atoms with E-state index in [4.69, 9.17) is 9.47 Å². The zero-order chi connectivity index (χ0) is 18.8. The Morgan fingerprint density at radius 3 is 2.67 bits per heavy atom. The van der Waals surface area contributed by atoms with E-state index in [0.29, 0.717) is 23.5 Å². The zero-order valence-electron chi connectivity index (χ0n) is 15.1. The molecule has 2 heterocycles. The number of methoxy groups -OCH3 is 2. The monoisotopic (exact) mass is 361 g/mol. The number of nitrogens with one attached hydrogen (secondary N) is 2. The van der Waals surface area contributed by atoms with Crippen molar-refractivity contribution in [3.63, 3.8) is 0 Å². The van der Waals surface area contributed by atoms with E-state index in [1.54, 1.807) is 20.4 Å². The maximum Gasteiger partial charge on any atom is 0.271 e. The number of H-pyrrole nitrogens is 2. The summed E-state index contributed by atoms with van der Waals surface area (Å²) < 4.78 is 10.6. The maximum atomic E-state index is 12.3. The van der Waals surface area contributed by atoms with Gasteiger partial charge in [0, 0.05) is 29.5 Å². The van der Waals surface area contributed by atoms with Crippen molar-refractivity contribution < 1.29 is 9.47 Å². The molecule has 1 aliphatic rings. The Bertz CT molecular complexity index is 1110. The third-order valence-electron chi connectivity index (χ3n) is 4.58. The molecular formula is C21H19N3O3. The molecule has 2 N–H and O–H groups in total. The molecular weight excluding hydrogens is 342 g/mol. The van der Waals surface area contributed by atoms with Crippen LogP contribution in [0.2, 0.25) is 0 Å². The second kappa shape index (κ2) is 6.99.